The highest BCUT2D eigenvalue weighted by Gasteiger charge is 2.20. The van der Waals surface area contributed by atoms with Crippen LogP contribution in [0.4, 0.5) is 0 Å². The summed E-state index contributed by atoms with van der Waals surface area (Å²) in [7, 11) is 0. The Balaban J connectivity index is 1.64. The van der Waals surface area contributed by atoms with Gasteiger partial charge >= 0.3 is 0 Å². The lowest BCUT2D eigenvalue weighted by Crippen LogP contribution is -2.31. The molecule has 1 saturated carbocycles. The zero-order chi connectivity index (χ0) is 13.1. The molecule has 0 spiro atoms. The molecule has 19 heavy (non-hydrogen) atoms. The third-order valence-corrected chi connectivity index (χ3v) is 4.44. The second-order valence-electron chi connectivity index (χ2n) is 5.77. The maximum atomic E-state index is 4.15. The van der Waals surface area contributed by atoms with Crippen LogP contribution in [0.25, 0.3) is 10.8 Å². The predicted molar refractivity (Wildman–Crippen MR) is 80.0 cm³/mol. The van der Waals surface area contributed by atoms with E-state index in [4.69, 9.17) is 0 Å². The topological polar surface area (TPSA) is 24.9 Å². The summed E-state index contributed by atoms with van der Waals surface area (Å²) in [6.07, 6.45) is 9.42. The Hall–Kier alpha value is -1.41. The molecule has 1 fully saturated rings. The molecule has 1 N–H and O–H groups in total. The van der Waals surface area contributed by atoms with E-state index in [1.54, 1.807) is 0 Å². The molecule has 100 valence electrons. The first kappa shape index (κ1) is 12.6. The SMILES string of the molecule is CC(NCc1ccc2cnccc2c1)C1CCCC1. The Morgan fingerprint density at radius 2 is 2.05 bits per heavy atom. The van der Waals surface area contributed by atoms with Crippen LogP contribution in [0.1, 0.15) is 38.2 Å². The van der Waals surface area contributed by atoms with Crippen molar-refractivity contribution in [3.05, 3.63) is 42.2 Å². The van der Waals surface area contributed by atoms with E-state index in [1.807, 2.05) is 12.4 Å². The van der Waals surface area contributed by atoms with Crippen molar-refractivity contribution in [1.29, 1.82) is 0 Å². The lowest BCUT2D eigenvalue weighted by atomic mass is 9.99. The van der Waals surface area contributed by atoms with E-state index < -0.39 is 0 Å². The van der Waals surface area contributed by atoms with Crippen LogP contribution in [0.15, 0.2) is 36.7 Å². The Morgan fingerprint density at radius 1 is 1.21 bits per heavy atom. The number of hydrogen-bond acceptors (Lipinski definition) is 2. The molecule has 1 aliphatic rings. The first-order valence-electron chi connectivity index (χ1n) is 7.39. The molecule has 1 unspecified atom stereocenters. The van der Waals surface area contributed by atoms with Gasteiger partial charge in [0.1, 0.15) is 0 Å². The lowest BCUT2D eigenvalue weighted by Gasteiger charge is -2.20. The molecule has 0 aliphatic heterocycles. The number of fused-ring (bicyclic) bond motifs is 1. The van der Waals surface area contributed by atoms with E-state index in [2.05, 4.69) is 41.5 Å². The smallest absolute Gasteiger partial charge is 0.0346 e. The van der Waals surface area contributed by atoms with Crippen LogP contribution in [-0.2, 0) is 6.54 Å². The van der Waals surface area contributed by atoms with Crippen molar-refractivity contribution in [2.75, 3.05) is 0 Å². The van der Waals surface area contributed by atoms with Crippen LogP contribution in [-0.4, -0.2) is 11.0 Å². The standard InChI is InChI=1S/C17H22N2/c1-13(15-4-2-3-5-15)19-11-14-6-7-17-12-18-9-8-16(17)10-14/h6-10,12-13,15,19H,2-5,11H2,1H3. The van der Waals surface area contributed by atoms with E-state index in [9.17, 15) is 0 Å². The fourth-order valence-corrected chi connectivity index (χ4v) is 3.15. The van der Waals surface area contributed by atoms with E-state index >= 15 is 0 Å². The minimum absolute atomic E-state index is 0.635. The van der Waals surface area contributed by atoms with Crippen molar-refractivity contribution in [1.82, 2.24) is 10.3 Å². The fraction of sp³-hybridized carbons (Fsp3) is 0.471. The summed E-state index contributed by atoms with van der Waals surface area (Å²) in [5, 5.41) is 6.19. The normalized spacial score (nSPS) is 17.9. The minimum atomic E-state index is 0.635. The average molecular weight is 254 g/mol. The second kappa shape index (κ2) is 5.70. The van der Waals surface area contributed by atoms with E-state index in [0.29, 0.717) is 6.04 Å². The van der Waals surface area contributed by atoms with Crippen LogP contribution in [0.5, 0.6) is 0 Å². The van der Waals surface area contributed by atoms with Crippen molar-refractivity contribution in [2.24, 2.45) is 5.92 Å². The molecule has 3 rings (SSSR count). The average Bonchev–Trinajstić information content (AvgIpc) is 2.99. The number of aromatic nitrogens is 1. The third-order valence-electron chi connectivity index (χ3n) is 4.44. The summed E-state index contributed by atoms with van der Waals surface area (Å²) in [6.45, 7) is 3.30. The molecule has 0 radical (unpaired) electrons. The van der Waals surface area contributed by atoms with Crippen molar-refractivity contribution < 1.29 is 0 Å². The monoisotopic (exact) mass is 254 g/mol. The van der Waals surface area contributed by atoms with Crippen LogP contribution >= 0.6 is 0 Å². The van der Waals surface area contributed by atoms with Gasteiger partial charge in [0.25, 0.3) is 0 Å². The van der Waals surface area contributed by atoms with Gasteiger partial charge in [0.2, 0.25) is 0 Å². The molecule has 1 aliphatic carbocycles. The quantitative estimate of drug-likeness (QED) is 0.895. The summed E-state index contributed by atoms with van der Waals surface area (Å²) >= 11 is 0. The summed E-state index contributed by atoms with van der Waals surface area (Å²) in [5.74, 6) is 0.879. The van der Waals surface area contributed by atoms with Crippen LogP contribution in [0.3, 0.4) is 0 Å². The highest BCUT2D eigenvalue weighted by atomic mass is 14.9. The molecule has 2 heteroatoms. The summed E-state index contributed by atoms with van der Waals surface area (Å²) in [6, 6.07) is 9.36. The van der Waals surface area contributed by atoms with Gasteiger partial charge in [-0.05, 0) is 48.8 Å². The zero-order valence-electron chi connectivity index (χ0n) is 11.6. The van der Waals surface area contributed by atoms with Gasteiger partial charge in [-0.2, -0.15) is 0 Å². The van der Waals surface area contributed by atoms with Gasteiger partial charge in [0.05, 0.1) is 0 Å². The fourth-order valence-electron chi connectivity index (χ4n) is 3.15. The van der Waals surface area contributed by atoms with Gasteiger partial charge in [0.15, 0.2) is 0 Å². The molecular formula is C17H22N2. The molecule has 0 bridgehead atoms. The van der Waals surface area contributed by atoms with Crippen LogP contribution < -0.4 is 5.32 Å². The second-order valence-corrected chi connectivity index (χ2v) is 5.77. The third kappa shape index (κ3) is 2.95. The number of hydrogen-bond donors (Lipinski definition) is 1. The summed E-state index contributed by atoms with van der Waals surface area (Å²) in [5.41, 5.74) is 1.36. The van der Waals surface area contributed by atoms with Gasteiger partial charge in [-0.15, -0.1) is 0 Å². The van der Waals surface area contributed by atoms with Gasteiger partial charge in [-0.25, -0.2) is 0 Å². The van der Waals surface area contributed by atoms with Crippen LogP contribution in [0.2, 0.25) is 0 Å². The number of pyridine rings is 1. The van der Waals surface area contributed by atoms with E-state index in [1.165, 1.54) is 42.0 Å². The van der Waals surface area contributed by atoms with Crippen molar-refractivity contribution >= 4 is 10.8 Å². The Bertz CT molecular complexity index is 544. The number of benzene rings is 1. The Labute approximate surface area is 115 Å². The molecule has 2 aromatic rings. The van der Waals surface area contributed by atoms with Gasteiger partial charge in [0, 0.05) is 30.4 Å². The van der Waals surface area contributed by atoms with Crippen molar-refractivity contribution in [2.45, 2.75) is 45.2 Å². The molecule has 1 atom stereocenters. The van der Waals surface area contributed by atoms with Crippen molar-refractivity contribution in [3.8, 4) is 0 Å². The zero-order valence-corrected chi connectivity index (χ0v) is 11.6. The highest BCUT2D eigenvalue weighted by Crippen LogP contribution is 2.27. The Kier molecular flexibility index (Phi) is 3.79. The number of nitrogens with one attached hydrogen (secondary N) is 1. The lowest BCUT2D eigenvalue weighted by molar-refractivity contribution is 0.380. The van der Waals surface area contributed by atoms with Gasteiger partial charge < -0.3 is 5.32 Å². The van der Waals surface area contributed by atoms with Gasteiger partial charge in [-0.3, -0.25) is 4.98 Å². The molecule has 2 nitrogen and oxygen atoms in total. The maximum absolute atomic E-state index is 4.15. The van der Waals surface area contributed by atoms with Crippen LogP contribution in [0, 0.1) is 5.92 Å². The number of nitrogens with zero attached hydrogens (tertiary/aromatic N) is 1. The molecular weight excluding hydrogens is 232 g/mol. The molecule has 1 aromatic heterocycles. The molecule has 1 heterocycles. The largest absolute Gasteiger partial charge is 0.310 e. The van der Waals surface area contributed by atoms with Gasteiger partial charge in [-0.1, -0.05) is 25.0 Å². The number of rotatable bonds is 4. The summed E-state index contributed by atoms with van der Waals surface area (Å²) < 4.78 is 0. The minimum Gasteiger partial charge on any atom is -0.310 e. The highest BCUT2D eigenvalue weighted by molar-refractivity contribution is 5.81. The van der Waals surface area contributed by atoms with Crippen molar-refractivity contribution in [3.63, 3.8) is 0 Å². The summed E-state index contributed by atoms with van der Waals surface area (Å²) in [4.78, 5) is 4.15. The first-order valence-corrected chi connectivity index (χ1v) is 7.39. The predicted octanol–water partition coefficient (Wildman–Crippen LogP) is 3.90. The van der Waals surface area contributed by atoms with E-state index in [-0.39, 0.29) is 0 Å². The molecule has 1 aromatic carbocycles. The molecule has 0 saturated heterocycles. The van der Waals surface area contributed by atoms with E-state index in [0.717, 1.165) is 12.5 Å². The molecule has 0 amide bonds. The Morgan fingerprint density at radius 3 is 2.89 bits per heavy atom. The first-order chi connectivity index (χ1) is 9.33. The maximum Gasteiger partial charge on any atom is 0.0346 e.